The van der Waals surface area contributed by atoms with Gasteiger partial charge in [-0.3, -0.25) is 13.9 Å². The van der Waals surface area contributed by atoms with Gasteiger partial charge in [0, 0.05) is 18.7 Å². The van der Waals surface area contributed by atoms with Gasteiger partial charge in [-0.15, -0.1) is 0 Å². The minimum absolute atomic E-state index is 0.195. The van der Waals surface area contributed by atoms with Crippen LogP contribution in [0, 0.1) is 0 Å². The topological polar surface area (TPSA) is 82.9 Å². The average Bonchev–Trinajstić information content (AvgIpc) is 3.20. The molecule has 0 fully saturated rings. The summed E-state index contributed by atoms with van der Waals surface area (Å²) < 4.78 is 8.19. The third-order valence-electron chi connectivity index (χ3n) is 5.13. The standard InChI is InChI=1S/C21H22N4O3/c1-3-14-8-10-15(11-9-14)13-25-20(26)18(19-22-17(4-2)28-23-19)16-7-5-6-12-24(16)21(25)27/h3,8-11H,1,4-7,12-13H2,2H3. The van der Waals surface area contributed by atoms with Gasteiger partial charge in [-0.2, -0.15) is 4.98 Å². The van der Waals surface area contributed by atoms with Crippen molar-refractivity contribution < 1.29 is 4.52 Å². The van der Waals surface area contributed by atoms with Gasteiger partial charge in [-0.25, -0.2) is 4.79 Å². The van der Waals surface area contributed by atoms with E-state index in [4.69, 9.17) is 4.52 Å². The maximum absolute atomic E-state index is 13.3. The maximum Gasteiger partial charge on any atom is 0.331 e. The second-order valence-electron chi connectivity index (χ2n) is 6.92. The lowest BCUT2D eigenvalue weighted by molar-refractivity contribution is 0.382. The van der Waals surface area contributed by atoms with Crippen LogP contribution in [-0.4, -0.2) is 19.3 Å². The molecule has 0 aliphatic carbocycles. The molecule has 144 valence electrons. The third kappa shape index (κ3) is 3.13. The number of hydrogen-bond acceptors (Lipinski definition) is 5. The van der Waals surface area contributed by atoms with Gasteiger partial charge in [0.2, 0.25) is 11.7 Å². The van der Waals surface area contributed by atoms with Crippen molar-refractivity contribution in [3.63, 3.8) is 0 Å². The lowest BCUT2D eigenvalue weighted by Gasteiger charge is -2.22. The van der Waals surface area contributed by atoms with E-state index in [1.807, 2.05) is 31.2 Å². The maximum atomic E-state index is 13.3. The summed E-state index contributed by atoms with van der Waals surface area (Å²) in [5, 5.41) is 4.00. The van der Waals surface area contributed by atoms with Crippen LogP contribution in [0.2, 0.25) is 0 Å². The fraction of sp³-hybridized carbons (Fsp3) is 0.333. The Balaban J connectivity index is 1.88. The SMILES string of the molecule is C=Cc1ccc(Cn2c(=O)c(-c3noc(CC)n3)c3n(c2=O)CCCC3)cc1. The molecule has 3 aromatic rings. The summed E-state index contributed by atoms with van der Waals surface area (Å²) in [5.74, 6) is 0.741. The number of hydrogen-bond donors (Lipinski definition) is 0. The van der Waals surface area contributed by atoms with E-state index in [2.05, 4.69) is 16.7 Å². The molecule has 1 aliphatic heterocycles. The highest BCUT2D eigenvalue weighted by Gasteiger charge is 2.25. The van der Waals surface area contributed by atoms with Gasteiger partial charge in [0.1, 0.15) is 5.56 Å². The first-order valence-electron chi connectivity index (χ1n) is 9.53. The molecule has 1 aromatic carbocycles. The first kappa shape index (κ1) is 18.2. The molecular weight excluding hydrogens is 356 g/mol. The Morgan fingerprint density at radius 2 is 2.00 bits per heavy atom. The quantitative estimate of drug-likeness (QED) is 0.682. The molecule has 0 unspecified atom stereocenters. The molecule has 0 saturated carbocycles. The van der Waals surface area contributed by atoms with Crippen LogP contribution in [0.5, 0.6) is 0 Å². The zero-order chi connectivity index (χ0) is 19.7. The van der Waals surface area contributed by atoms with Crippen molar-refractivity contribution in [2.45, 2.75) is 45.7 Å². The first-order chi connectivity index (χ1) is 13.6. The molecule has 0 spiro atoms. The summed E-state index contributed by atoms with van der Waals surface area (Å²) >= 11 is 0. The van der Waals surface area contributed by atoms with Crippen LogP contribution in [0.4, 0.5) is 0 Å². The Labute approximate surface area is 162 Å². The minimum Gasteiger partial charge on any atom is -0.339 e. The summed E-state index contributed by atoms with van der Waals surface area (Å²) in [4.78, 5) is 30.7. The van der Waals surface area contributed by atoms with E-state index in [1.54, 1.807) is 10.6 Å². The van der Waals surface area contributed by atoms with E-state index in [0.717, 1.165) is 24.0 Å². The highest BCUT2D eigenvalue weighted by atomic mass is 16.5. The highest BCUT2D eigenvalue weighted by molar-refractivity contribution is 5.57. The van der Waals surface area contributed by atoms with E-state index in [0.29, 0.717) is 36.5 Å². The van der Waals surface area contributed by atoms with Gasteiger partial charge in [0.05, 0.1) is 6.54 Å². The first-order valence-corrected chi connectivity index (χ1v) is 9.53. The van der Waals surface area contributed by atoms with Crippen LogP contribution < -0.4 is 11.2 Å². The molecule has 2 aromatic heterocycles. The molecule has 1 aliphatic rings. The Kier molecular flexibility index (Phi) is 4.81. The zero-order valence-electron chi connectivity index (χ0n) is 15.9. The van der Waals surface area contributed by atoms with Gasteiger partial charge >= 0.3 is 5.69 Å². The smallest absolute Gasteiger partial charge is 0.331 e. The van der Waals surface area contributed by atoms with Gasteiger partial charge in [-0.05, 0) is 30.4 Å². The van der Waals surface area contributed by atoms with Gasteiger partial charge < -0.3 is 4.52 Å². The predicted octanol–water partition coefficient (Wildman–Crippen LogP) is 2.65. The number of benzene rings is 1. The van der Waals surface area contributed by atoms with Gasteiger partial charge in [0.25, 0.3) is 5.56 Å². The van der Waals surface area contributed by atoms with Crippen molar-refractivity contribution in [1.29, 1.82) is 0 Å². The Hall–Kier alpha value is -3.22. The second kappa shape index (κ2) is 7.42. The Bertz CT molecular complexity index is 1140. The van der Waals surface area contributed by atoms with Gasteiger partial charge in [0.15, 0.2) is 0 Å². The lowest BCUT2D eigenvalue weighted by Crippen LogP contribution is -2.44. The molecule has 0 amide bonds. The molecule has 4 rings (SSSR count). The minimum atomic E-state index is -0.366. The molecule has 0 saturated heterocycles. The Morgan fingerprint density at radius 3 is 2.68 bits per heavy atom. The second-order valence-corrected chi connectivity index (χ2v) is 6.92. The molecule has 7 nitrogen and oxygen atoms in total. The molecule has 3 heterocycles. The van der Waals surface area contributed by atoms with Crippen molar-refractivity contribution >= 4 is 6.08 Å². The monoisotopic (exact) mass is 378 g/mol. The fourth-order valence-corrected chi connectivity index (χ4v) is 3.60. The third-order valence-corrected chi connectivity index (χ3v) is 5.13. The summed E-state index contributed by atoms with van der Waals surface area (Å²) in [6.07, 6.45) is 4.84. The molecule has 7 heteroatoms. The van der Waals surface area contributed by atoms with E-state index >= 15 is 0 Å². The highest BCUT2D eigenvalue weighted by Crippen LogP contribution is 2.22. The summed E-state index contributed by atoms with van der Waals surface area (Å²) in [7, 11) is 0. The average molecular weight is 378 g/mol. The van der Waals surface area contributed by atoms with Crippen molar-refractivity contribution in [2.24, 2.45) is 0 Å². The Morgan fingerprint density at radius 1 is 1.21 bits per heavy atom. The number of fused-ring (bicyclic) bond motifs is 1. The van der Waals surface area contributed by atoms with E-state index < -0.39 is 0 Å². The number of nitrogens with zero attached hydrogens (tertiary/aromatic N) is 4. The summed E-state index contributed by atoms with van der Waals surface area (Å²) in [6, 6.07) is 7.63. The van der Waals surface area contributed by atoms with Crippen molar-refractivity contribution in [1.82, 2.24) is 19.3 Å². The van der Waals surface area contributed by atoms with Crippen molar-refractivity contribution in [3.8, 4) is 11.4 Å². The largest absolute Gasteiger partial charge is 0.339 e. The molecular formula is C21H22N4O3. The fourth-order valence-electron chi connectivity index (χ4n) is 3.60. The normalized spacial score (nSPS) is 13.3. The number of aromatic nitrogens is 4. The van der Waals surface area contributed by atoms with Crippen LogP contribution in [-0.2, 0) is 25.9 Å². The van der Waals surface area contributed by atoms with Crippen LogP contribution in [0.25, 0.3) is 17.5 Å². The van der Waals surface area contributed by atoms with Crippen LogP contribution >= 0.6 is 0 Å². The molecule has 0 atom stereocenters. The van der Waals surface area contributed by atoms with E-state index in [9.17, 15) is 9.59 Å². The zero-order valence-corrected chi connectivity index (χ0v) is 15.9. The lowest BCUT2D eigenvalue weighted by atomic mass is 10.0. The van der Waals surface area contributed by atoms with E-state index in [-0.39, 0.29) is 23.6 Å². The molecule has 0 radical (unpaired) electrons. The van der Waals surface area contributed by atoms with Crippen molar-refractivity contribution in [2.75, 3.05) is 0 Å². The molecule has 28 heavy (non-hydrogen) atoms. The van der Waals surface area contributed by atoms with Crippen molar-refractivity contribution in [3.05, 3.63) is 74.4 Å². The van der Waals surface area contributed by atoms with Crippen LogP contribution in [0.15, 0.2) is 45.0 Å². The van der Waals surface area contributed by atoms with Gasteiger partial charge in [-0.1, -0.05) is 49.0 Å². The number of aryl methyl sites for hydroxylation is 1. The van der Waals surface area contributed by atoms with Crippen LogP contribution in [0.1, 0.15) is 42.5 Å². The summed E-state index contributed by atoms with van der Waals surface area (Å²) in [6.45, 7) is 6.44. The molecule has 0 bridgehead atoms. The van der Waals surface area contributed by atoms with E-state index in [1.165, 1.54) is 4.57 Å². The molecule has 0 N–H and O–H groups in total. The number of rotatable bonds is 5. The predicted molar refractivity (Wildman–Crippen MR) is 106 cm³/mol. The van der Waals surface area contributed by atoms with Crippen LogP contribution in [0.3, 0.4) is 0 Å². The summed E-state index contributed by atoms with van der Waals surface area (Å²) in [5.41, 5.74) is 2.30.